The first-order valence-electron chi connectivity index (χ1n) is 13.1. The molecule has 0 spiro atoms. The lowest BCUT2D eigenvalue weighted by Crippen LogP contribution is -2.27. The van der Waals surface area contributed by atoms with Gasteiger partial charge in [0.1, 0.15) is 17.5 Å². The predicted octanol–water partition coefficient (Wildman–Crippen LogP) is 6.92. The lowest BCUT2D eigenvalue weighted by molar-refractivity contribution is -0.127. The summed E-state index contributed by atoms with van der Waals surface area (Å²) in [6.45, 7) is 6.80. The van der Waals surface area contributed by atoms with Crippen molar-refractivity contribution < 1.29 is 18.0 Å². The fourth-order valence-electron chi connectivity index (χ4n) is 4.61. The number of aromatic amines is 1. The van der Waals surface area contributed by atoms with E-state index in [0.717, 1.165) is 81.0 Å². The van der Waals surface area contributed by atoms with E-state index in [4.69, 9.17) is 0 Å². The molecule has 1 amide bonds. The van der Waals surface area contributed by atoms with Crippen molar-refractivity contribution in [3.8, 4) is 11.3 Å². The molecular formula is C28H37F3N4OS. The maximum atomic E-state index is 14.1. The molecule has 2 fully saturated rings. The SMILES string of the molecule is CC.CNSNCCCN1CCCC1=O.Fc1ccc(-c2[nH]c3c(F)cc(F)cc3c2C2CCC2)cc1. The van der Waals surface area contributed by atoms with Gasteiger partial charge in [0, 0.05) is 49.6 Å². The number of fused-ring (bicyclic) bond motifs is 1. The van der Waals surface area contributed by atoms with Crippen molar-refractivity contribution >= 4 is 28.9 Å². The van der Waals surface area contributed by atoms with E-state index >= 15 is 0 Å². The largest absolute Gasteiger partial charge is 0.352 e. The summed E-state index contributed by atoms with van der Waals surface area (Å²) in [4.78, 5) is 16.2. The Hall–Kier alpha value is -2.49. The molecule has 2 aliphatic rings. The zero-order valence-electron chi connectivity index (χ0n) is 21.8. The second-order valence-electron chi connectivity index (χ2n) is 8.90. The van der Waals surface area contributed by atoms with Gasteiger partial charge in [-0.25, -0.2) is 13.2 Å². The molecule has 2 heterocycles. The number of H-pyrrole nitrogens is 1. The minimum atomic E-state index is -0.594. The van der Waals surface area contributed by atoms with Gasteiger partial charge < -0.3 is 9.88 Å². The highest BCUT2D eigenvalue weighted by atomic mass is 32.2. The molecule has 3 aromatic rings. The Morgan fingerprint density at radius 1 is 1.05 bits per heavy atom. The standard InChI is InChI=1S/C18H14F3N.C8H17N3OS.C2H6/c19-12-6-4-11(5-7-12)17-16(10-2-1-3-10)14-8-13(20)9-15(21)18(14)22-17;1-9-13-10-5-3-7-11-6-2-4-8(11)12;1-2/h4-10,22H,1-3H2;9-10H,2-7H2,1H3;1-2H3. The van der Waals surface area contributed by atoms with E-state index in [9.17, 15) is 18.0 Å². The van der Waals surface area contributed by atoms with Gasteiger partial charge in [-0.3, -0.25) is 14.2 Å². The minimum Gasteiger partial charge on any atom is -0.352 e. The summed E-state index contributed by atoms with van der Waals surface area (Å²) in [6.07, 6.45) is 5.97. The third kappa shape index (κ3) is 7.52. The molecular weight excluding hydrogens is 497 g/mol. The Labute approximate surface area is 221 Å². The zero-order valence-corrected chi connectivity index (χ0v) is 22.6. The summed E-state index contributed by atoms with van der Waals surface area (Å²) in [5.74, 6) is -0.863. The molecule has 0 radical (unpaired) electrons. The number of amides is 1. The van der Waals surface area contributed by atoms with Gasteiger partial charge in [-0.1, -0.05) is 20.3 Å². The number of carbonyl (C=O) groups is 1. The van der Waals surface area contributed by atoms with Gasteiger partial charge in [0.15, 0.2) is 0 Å². The lowest BCUT2D eigenvalue weighted by Gasteiger charge is -2.26. The number of benzene rings is 2. The fraction of sp³-hybridized carbons (Fsp3) is 0.464. The first kappa shape index (κ1) is 29.1. The Bertz CT molecular complexity index is 1150. The number of nitrogens with zero attached hydrogens (tertiary/aromatic N) is 1. The van der Waals surface area contributed by atoms with Gasteiger partial charge >= 0.3 is 0 Å². The molecule has 37 heavy (non-hydrogen) atoms. The van der Waals surface area contributed by atoms with Gasteiger partial charge in [-0.2, -0.15) is 0 Å². The average Bonchev–Trinajstić information content (AvgIpc) is 3.44. The summed E-state index contributed by atoms with van der Waals surface area (Å²) in [5, 5.41) is 0.599. The molecule has 1 aliphatic carbocycles. The van der Waals surface area contributed by atoms with Crippen LogP contribution in [0, 0.1) is 17.5 Å². The fourth-order valence-corrected chi connectivity index (χ4v) is 5.00. The molecule has 0 unspecified atom stereocenters. The summed E-state index contributed by atoms with van der Waals surface area (Å²) in [7, 11) is 1.88. The van der Waals surface area contributed by atoms with Gasteiger partial charge in [0.25, 0.3) is 0 Å². The molecule has 0 bridgehead atoms. The smallest absolute Gasteiger partial charge is 0.222 e. The molecule has 202 valence electrons. The van der Waals surface area contributed by atoms with Crippen molar-refractivity contribution in [2.45, 2.75) is 58.3 Å². The Morgan fingerprint density at radius 3 is 2.38 bits per heavy atom. The van der Waals surface area contributed by atoms with Gasteiger partial charge in [0.05, 0.1) is 11.2 Å². The van der Waals surface area contributed by atoms with Crippen LogP contribution in [0.25, 0.3) is 22.2 Å². The Balaban J connectivity index is 0.000000218. The summed E-state index contributed by atoms with van der Waals surface area (Å²) in [5.41, 5.74) is 2.83. The number of carbonyl (C=O) groups excluding carboxylic acids is 1. The van der Waals surface area contributed by atoms with E-state index in [1.165, 1.54) is 30.3 Å². The number of hydrogen-bond acceptors (Lipinski definition) is 4. The molecule has 5 nitrogen and oxygen atoms in total. The number of likely N-dealkylation sites (tertiary alicyclic amines) is 1. The molecule has 1 aromatic heterocycles. The molecule has 5 rings (SSSR count). The molecule has 1 saturated carbocycles. The molecule has 0 atom stereocenters. The van der Waals surface area contributed by atoms with Crippen molar-refractivity contribution in [3.63, 3.8) is 0 Å². The zero-order chi connectivity index (χ0) is 26.8. The first-order chi connectivity index (χ1) is 18.0. The summed E-state index contributed by atoms with van der Waals surface area (Å²) < 4.78 is 46.9. The summed E-state index contributed by atoms with van der Waals surface area (Å²) in [6, 6.07) is 8.35. The van der Waals surface area contributed by atoms with Crippen LogP contribution in [0.1, 0.15) is 63.9 Å². The molecule has 1 aliphatic heterocycles. The van der Waals surface area contributed by atoms with Crippen LogP contribution >= 0.6 is 12.1 Å². The van der Waals surface area contributed by atoms with Crippen molar-refractivity contribution in [2.24, 2.45) is 0 Å². The average molecular weight is 535 g/mol. The number of rotatable bonds is 8. The van der Waals surface area contributed by atoms with Crippen molar-refractivity contribution in [2.75, 3.05) is 26.7 Å². The maximum absolute atomic E-state index is 14.1. The highest BCUT2D eigenvalue weighted by Crippen LogP contribution is 2.45. The van der Waals surface area contributed by atoms with Crippen LogP contribution in [-0.4, -0.2) is 42.5 Å². The number of nitrogens with one attached hydrogen (secondary N) is 3. The van der Waals surface area contributed by atoms with E-state index in [0.29, 0.717) is 22.7 Å². The van der Waals surface area contributed by atoms with Gasteiger partial charge in [0.2, 0.25) is 5.91 Å². The van der Waals surface area contributed by atoms with Crippen molar-refractivity contribution in [1.82, 2.24) is 19.3 Å². The second kappa shape index (κ2) is 14.4. The van der Waals surface area contributed by atoms with Crippen LogP contribution < -0.4 is 9.44 Å². The van der Waals surface area contributed by atoms with Crippen LogP contribution in [-0.2, 0) is 4.79 Å². The third-order valence-electron chi connectivity index (χ3n) is 6.56. The quantitative estimate of drug-likeness (QED) is 0.217. The number of halogens is 3. The van der Waals surface area contributed by atoms with Crippen molar-refractivity contribution in [3.05, 3.63) is 59.4 Å². The van der Waals surface area contributed by atoms with Crippen LogP contribution in [0.15, 0.2) is 36.4 Å². The number of aromatic nitrogens is 1. The lowest BCUT2D eigenvalue weighted by atomic mass is 9.78. The molecule has 3 N–H and O–H groups in total. The Kier molecular flexibility index (Phi) is 11.4. The first-order valence-corrected chi connectivity index (χ1v) is 13.9. The van der Waals surface area contributed by atoms with E-state index in [1.54, 1.807) is 12.1 Å². The Morgan fingerprint density at radius 2 is 1.78 bits per heavy atom. The maximum Gasteiger partial charge on any atom is 0.222 e. The van der Waals surface area contributed by atoms with Crippen molar-refractivity contribution in [1.29, 1.82) is 0 Å². The summed E-state index contributed by atoms with van der Waals surface area (Å²) >= 11 is 1.49. The predicted molar refractivity (Wildman–Crippen MR) is 147 cm³/mol. The van der Waals surface area contributed by atoms with Crippen LogP contribution in [0.5, 0.6) is 0 Å². The topological polar surface area (TPSA) is 60.2 Å². The highest BCUT2D eigenvalue weighted by molar-refractivity contribution is 7.95. The van der Waals surface area contributed by atoms with Crippen LogP contribution in [0.3, 0.4) is 0 Å². The third-order valence-corrected chi connectivity index (χ3v) is 7.12. The van der Waals surface area contributed by atoms with E-state index < -0.39 is 11.6 Å². The highest BCUT2D eigenvalue weighted by Gasteiger charge is 2.28. The molecule has 9 heteroatoms. The van der Waals surface area contributed by atoms with Crippen LogP contribution in [0.2, 0.25) is 0 Å². The van der Waals surface area contributed by atoms with E-state index in [2.05, 4.69) is 14.4 Å². The van der Waals surface area contributed by atoms with Gasteiger partial charge in [-0.15, -0.1) is 0 Å². The molecule has 1 saturated heterocycles. The van der Waals surface area contributed by atoms with E-state index in [-0.39, 0.29) is 5.82 Å². The van der Waals surface area contributed by atoms with E-state index in [1.807, 2.05) is 25.8 Å². The number of hydrogen-bond donors (Lipinski definition) is 3. The normalized spacial score (nSPS) is 15.2. The minimum absolute atomic E-state index is 0.301. The van der Waals surface area contributed by atoms with Crippen LogP contribution in [0.4, 0.5) is 13.2 Å². The monoisotopic (exact) mass is 534 g/mol. The van der Waals surface area contributed by atoms with Gasteiger partial charge in [-0.05, 0) is 80.1 Å². The second-order valence-corrected chi connectivity index (χ2v) is 9.80. The molecule has 2 aromatic carbocycles.